The van der Waals surface area contributed by atoms with E-state index in [0.29, 0.717) is 23.3 Å². The minimum absolute atomic E-state index is 0.115. The smallest absolute Gasteiger partial charge is 0.287 e. The molecule has 1 aromatic heterocycles. The number of aromatic amines is 1. The van der Waals surface area contributed by atoms with E-state index >= 15 is 0 Å². The van der Waals surface area contributed by atoms with E-state index in [1.54, 1.807) is 6.07 Å². The summed E-state index contributed by atoms with van der Waals surface area (Å²) in [4.78, 5) is 34.1. The van der Waals surface area contributed by atoms with Gasteiger partial charge in [-0.1, -0.05) is 60.2 Å². The predicted octanol–water partition coefficient (Wildman–Crippen LogP) is 2.63. The molecule has 2 atom stereocenters. The molecule has 0 aliphatic carbocycles. The molecule has 0 saturated carbocycles. The number of para-hydroxylation sites is 1. The van der Waals surface area contributed by atoms with E-state index in [1.807, 2.05) is 86.8 Å². The minimum atomic E-state index is -0.473. The molecule has 31 heavy (non-hydrogen) atoms. The zero-order valence-electron chi connectivity index (χ0n) is 17.6. The zero-order chi connectivity index (χ0) is 21.8. The number of H-pyrrole nitrogens is 1. The Kier molecular flexibility index (Phi) is 5.91. The summed E-state index contributed by atoms with van der Waals surface area (Å²) in [6.45, 7) is 2.40. The lowest BCUT2D eigenvalue weighted by molar-refractivity contribution is -0.916. The quantitative estimate of drug-likeness (QED) is 0.455. The standard InChI is InChI=1S/C25H24N4O2/c1-17-12-14-19(15-13-17)26-25(31)23(18-8-4-3-5-9-18)29(2)16-22-27-21-11-7-6-10-20(21)24(30)28-22/h3-15,23H,16H2,1-2H3,(H,26,31)(H,27,28,30)/p+1/t23-/m1/s1. The van der Waals surface area contributed by atoms with Crippen LogP contribution in [0.1, 0.15) is 23.0 Å². The minimum Gasteiger partial charge on any atom is -0.321 e. The Morgan fingerprint density at radius 3 is 2.42 bits per heavy atom. The molecule has 0 aliphatic heterocycles. The Labute approximate surface area is 180 Å². The van der Waals surface area contributed by atoms with Crippen molar-refractivity contribution in [2.45, 2.75) is 19.5 Å². The summed E-state index contributed by atoms with van der Waals surface area (Å²) >= 11 is 0. The summed E-state index contributed by atoms with van der Waals surface area (Å²) in [5.41, 5.74) is 3.25. The van der Waals surface area contributed by atoms with Crippen LogP contribution >= 0.6 is 0 Å². The number of hydrogen-bond donors (Lipinski definition) is 3. The number of quaternary nitrogens is 1. The number of aromatic nitrogens is 2. The van der Waals surface area contributed by atoms with E-state index in [0.717, 1.165) is 21.7 Å². The molecule has 0 spiro atoms. The van der Waals surface area contributed by atoms with E-state index in [9.17, 15) is 9.59 Å². The number of likely N-dealkylation sites (N-methyl/N-ethyl adjacent to an activating group) is 1. The van der Waals surface area contributed by atoms with Crippen molar-refractivity contribution < 1.29 is 9.69 Å². The van der Waals surface area contributed by atoms with Crippen molar-refractivity contribution in [3.8, 4) is 0 Å². The van der Waals surface area contributed by atoms with Crippen LogP contribution in [-0.2, 0) is 11.3 Å². The normalized spacial score (nSPS) is 13.0. The summed E-state index contributed by atoms with van der Waals surface area (Å²) in [5.74, 6) is 0.431. The number of nitrogens with one attached hydrogen (secondary N) is 3. The topological polar surface area (TPSA) is 79.3 Å². The van der Waals surface area contributed by atoms with E-state index in [1.165, 1.54) is 0 Å². The summed E-state index contributed by atoms with van der Waals surface area (Å²) in [5, 5.41) is 3.58. The number of rotatable bonds is 6. The van der Waals surface area contributed by atoms with Crippen LogP contribution in [0, 0.1) is 6.92 Å². The maximum Gasteiger partial charge on any atom is 0.287 e. The van der Waals surface area contributed by atoms with Gasteiger partial charge in [0.05, 0.1) is 18.0 Å². The monoisotopic (exact) mass is 413 g/mol. The maximum atomic E-state index is 13.3. The highest BCUT2D eigenvalue weighted by Crippen LogP contribution is 2.15. The van der Waals surface area contributed by atoms with Crippen molar-refractivity contribution in [2.24, 2.45) is 0 Å². The molecule has 6 nitrogen and oxygen atoms in total. The molecule has 0 aliphatic rings. The highest BCUT2D eigenvalue weighted by atomic mass is 16.2. The third-order valence-electron chi connectivity index (χ3n) is 5.32. The zero-order valence-corrected chi connectivity index (χ0v) is 17.6. The van der Waals surface area contributed by atoms with E-state index in [-0.39, 0.29) is 11.5 Å². The van der Waals surface area contributed by atoms with Gasteiger partial charge >= 0.3 is 0 Å². The average Bonchev–Trinajstić information content (AvgIpc) is 2.76. The summed E-state index contributed by atoms with van der Waals surface area (Å²) < 4.78 is 0. The first-order chi connectivity index (χ1) is 15.0. The Hall–Kier alpha value is -3.77. The van der Waals surface area contributed by atoms with Crippen molar-refractivity contribution in [3.05, 3.63) is 106 Å². The fraction of sp³-hybridized carbons (Fsp3) is 0.160. The van der Waals surface area contributed by atoms with Crippen LogP contribution in [0.15, 0.2) is 83.7 Å². The van der Waals surface area contributed by atoms with Crippen molar-refractivity contribution in [3.63, 3.8) is 0 Å². The molecule has 0 fully saturated rings. The first kappa shape index (κ1) is 20.5. The second-order valence-electron chi connectivity index (χ2n) is 7.75. The SMILES string of the molecule is Cc1ccc(NC(=O)[C@@H](c2ccccc2)[NH+](C)Cc2nc3ccccc3c(=O)[nH]2)cc1. The Morgan fingerprint density at radius 1 is 1.00 bits per heavy atom. The fourth-order valence-electron chi connectivity index (χ4n) is 3.74. The van der Waals surface area contributed by atoms with Crippen molar-refractivity contribution in [2.75, 3.05) is 12.4 Å². The number of carbonyl (C=O) groups is 1. The van der Waals surface area contributed by atoms with Gasteiger partial charge in [0.15, 0.2) is 11.9 Å². The van der Waals surface area contributed by atoms with E-state index < -0.39 is 6.04 Å². The predicted molar refractivity (Wildman–Crippen MR) is 122 cm³/mol. The third-order valence-corrected chi connectivity index (χ3v) is 5.32. The molecule has 1 heterocycles. The largest absolute Gasteiger partial charge is 0.321 e. The van der Waals surface area contributed by atoms with Gasteiger partial charge in [-0.3, -0.25) is 9.59 Å². The average molecular weight is 414 g/mol. The Morgan fingerprint density at radius 2 is 1.68 bits per heavy atom. The van der Waals surface area contributed by atoms with Crippen LogP contribution in [0.3, 0.4) is 0 Å². The third kappa shape index (κ3) is 4.70. The van der Waals surface area contributed by atoms with Gasteiger partial charge in [0, 0.05) is 11.3 Å². The van der Waals surface area contributed by atoms with Crippen molar-refractivity contribution >= 4 is 22.5 Å². The molecule has 4 rings (SSSR count). The first-order valence-corrected chi connectivity index (χ1v) is 10.2. The van der Waals surface area contributed by atoms with Crippen LogP contribution in [0.4, 0.5) is 5.69 Å². The maximum absolute atomic E-state index is 13.3. The lowest BCUT2D eigenvalue weighted by Gasteiger charge is -2.24. The summed E-state index contributed by atoms with van der Waals surface area (Å²) in [6, 6.07) is 24.2. The van der Waals surface area contributed by atoms with E-state index in [4.69, 9.17) is 0 Å². The van der Waals surface area contributed by atoms with Gasteiger partial charge in [-0.2, -0.15) is 0 Å². The second-order valence-corrected chi connectivity index (χ2v) is 7.75. The molecule has 156 valence electrons. The molecule has 0 radical (unpaired) electrons. The van der Waals surface area contributed by atoms with Crippen LogP contribution in [0.2, 0.25) is 0 Å². The molecule has 6 heteroatoms. The van der Waals surface area contributed by atoms with Gasteiger partial charge in [-0.15, -0.1) is 0 Å². The number of fused-ring (bicyclic) bond motifs is 1. The molecule has 1 unspecified atom stereocenters. The molecule has 0 saturated heterocycles. The van der Waals surface area contributed by atoms with Crippen molar-refractivity contribution in [1.82, 2.24) is 9.97 Å². The Balaban J connectivity index is 1.63. The lowest BCUT2D eigenvalue weighted by Crippen LogP contribution is -3.09. The van der Waals surface area contributed by atoms with Gasteiger partial charge in [0.25, 0.3) is 11.5 Å². The Bertz CT molecular complexity index is 1250. The lowest BCUT2D eigenvalue weighted by atomic mass is 10.0. The summed E-state index contributed by atoms with van der Waals surface area (Å²) in [7, 11) is 1.93. The molecule has 4 aromatic rings. The van der Waals surface area contributed by atoms with Crippen LogP contribution in [0.25, 0.3) is 10.9 Å². The van der Waals surface area contributed by atoms with Crippen LogP contribution < -0.4 is 15.8 Å². The van der Waals surface area contributed by atoms with Crippen LogP contribution in [0.5, 0.6) is 0 Å². The van der Waals surface area contributed by atoms with Gasteiger partial charge < -0.3 is 15.2 Å². The molecule has 1 amide bonds. The number of carbonyl (C=O) groups excluding carboxylic acids is 1. The number of aryl methyl sites for hydroxylation is 1. The van der Waals surface area contributed by atoms with Crippen molar-refractivity contribution in [1.29, 1.82) is 0 Å². The number of benzene rings is 3. The van der Waals surface area contributed by atoms with Gasteiger partial charge in [0.1, 0.15) is 6.54 Å². The summed E-state index contributed by atoms with van der Waals surface area (Å²) in [6.07, 6.45) is 0. The molecule has 3 aromatic carbocycles. The first-order valence-electron chi connectivity index (χ1n) is 10.2. The molecule has 3 N–H and O–H groups in total. The highest BCUT2D eigenvalue weighted by Gasteiger charge is 2.30. The van der Waals surface area contributed by atoms with Gasteiger partial charge in [-0.25, -0.2) is 4.98 Å². The second kappa shape index (κ2) is 8.93. The number of nitrogens with zero attached hydrogens (tertiary/aromatic N) is 1. The number of amides is 1. The van der Waals surface area contributed by atoms with Gasteiger partial charge in [-0.05, 0) is 31.2 Å². The number of hydrogen-bond acceptors (Lipinski definition) is 3. The fourth-order valence-corrected chi connectivity index (χ4v) is 3.74. The van der Waals surface area contributed by atoms with Crippen LogP contribution in [-0.4, -0.2) is 22.9 Å². The molecule has 0 bridgehead atoms. The number of anilines is 1. The highest BCUT2D eigenvalue weighted by molar-refractivity contribution is 5.94. The van der Waals surface area contributed by atoms with E-state index in [2.05, 4.69) is 15.3 Å². The van der Waals surface area contributed by atoms with Gasteiger partial charge in [0.2, 0.25) is 0 Å². The molecular weight excluding hydrogens is 388 g/mol. The molecular formula is C25H25N4O2+.